The molecule has 0 bridgehead atoms. The summed E-state index contributed by atoms with van der Waals surface area (Å²) in [5.74, 6) is -0.697. The van der Waals surface area contributed by atoms with E-state index in [0.29, 0.717) is 29.8 Å². The van der Waals surface area contributed by atoms with Crippen LogP contribution in [0.2, 0.25) is 0 Å². The Balaban J connectivity index is 1.80. The number of benzene rings is 2. The molecule has 1 saturated carbocycles. The average molecular weight is 561 g/mol. The molecule has 214 valence electrons. The summed E-state index contributed by atoms with van der Waals surface area (Å²) < 4.78 is 18.7. The fraction of sp³-hybridized carbons (Fsp3) is 0.333. The molecule has 1 atom stereocenters. The number of rotatable bonds is 7. The first-order valence-corrected chi connectivity index (χ1v) is 13.4. The Labute approximate surface area is 235 Å². The molecule has 5 rings (SSSR count). The standard InChI is InChI=1S/C30H33FN6O4/c1-16-10-13-23(22(31)14-16)33-26-24-25(17(2)28(39)35(26)6)36(30(41)37(29(24)40)20-11-12-20)21-9-7-8-19(15-21)32-27(38)18(3)34(4)5/h7-10,13-15,18,20,33H,11-12H2,1-6H3,(H,32,38)/t18-/m0/s1. The Morgan fingerprint density at radius 3 is 2.39 bits per heavy atom. The fourth-order valence-corrected chi connectivity index (χ4v) is 4.91. The van der Waals surface area contributed by atoms with Crippen LogP contribution in [0.3, 0.4) is 0 Å². The van der Waals surface area contributed by atoms with E-state index < -0.39 is 28.7 Å². The zero-order valence-corrected chi connectivity index (χ0v) is 23.9. The van der Waals surface area contributed by atoms with Crippen molar-refractivity contribution in [3.63, 3.8) is 0 Å². The maximum Gasteiger partial charge on any atom is 0.336 e. The van der Waals surface area contributed by atoms with Crippen molar-refractivity contribution in [2.75, 3.05) is 24.7 Å². The van der Waals surface area contributed by atoms with E-state index in [1.807, 2.05) is 0 Å². The van der Waals surface area contributed by atoms with E-state index in [9.17, 15) is 23.6 Å². The van der Waals surface area contributed by atoms with Crippen molar-refractivity contribution in [3.05, 3.63) is 90.6 Å². The number of nitrogens with zero attached hydrogens (tertiary/aromatic N) is 4. The van der Waals surface area contributed by atoms with Crippen molar-refractivity contribution < 1.29 is 9.18 Å². The van der Waals surface area contributed by atoms with Crippen LogP contribution in [-0.4, -0.2) is 44.6 Å². The number of aromatic nitrogens is 3. The van der Waals surface area contributed by atoms with Gasteiger partial charge in [0.15, 0.2) is 0 Å². The molecule has 0 radical (unpaired) electrons. The third-order valence-electron chi connectivity index (χ3n) is 7.66. The van der Waals surface area contributed by atoms with Gasteiger partial charge in [0.05, 0.1) is 22.9 Å². The van der Waals surface area contributed by atoms with Gasteiger partial charge < -0.3 is 10.6 Å². The van der Waals surface area contributed by atoms with Gasteiger partial charge in [-0.05, 0) is 83.6 Å². The van der Waals surface area contributed by atoms with Gasteiger partial charge in [0.1, 0.15) is 17.0 Å². The zero-order valence-electron chi connectivity index (χ0n) is 23.9. The quantitative estimate of drug-likeness (QED) is 0.358. The van der Waals surface area contributed by atoms with Crippen LogP contribution in [0.15, 0.2) is 56.8 Å². The molecule has 0 aliphatic heterocycles. The summed E-state index contributed by atoms with van der Waals surface area (Å²) in [6, 6.07) is 10.6. The third-order valence-corrected chi connectivity index (χ3v) is 7.66. The molecule has 2 aromatic carbocycles. The van der Waals surface area contributed by atoms with Crippen molar-refractivity contribution in [3.8, 4) is 5.69 Å². The van der Waals surface area contributed by atoms with Crippen LogP contribution in [0, 0.1) is 19.7 Å². The number of halogens is 1. The van der Waals surface area contributed by atoms with Gasteiger partial charge in [0, 0.05) is 24.3 Å². The second-order valence-electron chi connectivity index (χ2n) is 10.9. The minimum Gasteiger partial charge on any atom is -0.338 e. The van der Waals surface area contributed by atoms with Gasteiger partial charge in [-0.1, -0.05) is 12.1 Å². The molecule has 1 fully saturated rings. The highest BCUT2D eigenvalue weighted by atomic mass is 19.1. The minimum atomic E-state index is -0.584. The maximum atomic E-state index is 14.9. The van der Waals surface area contributed by atoms with Gasteiger partial charge in [-0.2, -0.15) is 0 Å². The lowest BCUT2D eigenvalue weighted by Gasteiger charge is -2.21. The molecule has 2 N–H and O–H groups in total. The number of hydrogen-bond donors (Lipinski definition) is 2. The summed E-state index contributed by atoms with van der Waals surface area (Å²) in [5.41, 5.74) is 0.346. The predicted molar refractivity (Wildman–Crippen MR) is 158 cm³/mol. The molecule has 1 aliphatic carbocycles. The molecule has 0 saturated heterocycles. The van der Waals surface area contributed by atoms with Gasteiger partial charge in [-0.15, -0.1) is 0 Å². The molecule has 11 heteroatoms. The number of amides is 1. The number of carbonyl (C=O) groups is 1. The second kappa shape index (κ2) is 10.5. The van der Waals surface area contributed by atoms with Crippen LogP contribution in [0.4, 0.5) is 21.6 Å². The van der Waals surface area contributed by atoms with Gasteiger partial charge in [0.25, 0.3) is 11.1 Å². The summed E-state index contributed by atoms with van der Waals surface area (Å²) in [5, 5.41) is 5.92. The number of fused-ring (bicyclic) bond motifs is 1. The number of pyridine rings is 1. The van der Waals surface area contributed by atoms with Gasteiger partial charge in [-0.3, -0.25) is 33.0 Å². The molecular formula is C30H33FN6O4. The molecule has 4 aromatic rings. The van der Waals surface area contributed by atoms with Gasteiger partial charge in [-0.25, -0.2) is 9.18 Å². The van der Waals surface area contributed by atoms with Crippen molar-refractivity contribution in [2.45, 2.75) is 45.7 Å². The molecule has 2 heterocycles. The third kappa shape index (κ3) is 4.97. The summed E-state index contributed by atoms with van der Waals surface area (Å²) in [7, 11) is 5.09. The lowest BCUT2D eigenvalue weighted by Crippen LogP contribution is -2.41. The number of carbonyl (C=O) groups excluding carboxylic acids is 1. The molecule has 1 aliphatic rings. The SMILES string of the molecule is Cc1ccc(Nc2c3c(=O)n(C4CC4)c(=O)n(-c4cccc(NC(=O)[C@H](C)N(C)C)c4)c3c(C)c(=O)n2C)c(F)c1. The van der Waals surface area contributed by atoms with Gasteiger partial charge >= 0.3 is 5.69 Å². The van der Waals surface area contributed by atoms with Crippen LogP contribution < -0.4 is 27.4 Å². The van der Waals surface area contributed by atoms with E-state index in [-0.39, 0.29) is 39.9 Å². The maximum absolute atomic E-state index is 14.9. The van der Waals surface area contributed by atoms with E-state index in [1.165, 1.54) is 32.9 Å². The lowest BCUT2D eigenvalue weighted by atomic mass is 10.1. The van der Waals surface area contributed by atoms with Crippen LogP contribution in [0.1, 0.15) is 36.9 Å². The zero-order chi connectivity index (χ0) is 29.7. The smallest absolute Gasteiger partial charge is 0.336 e. The first-order chi connectivity index (χ1) is 19.4. The van der Waals surface area contributed by atoms with E-state index >= 15 is 0 Å². The number of anilines is 3. The molecule has 10 nitrogen and oxygen atoms in total. The fourth-order valence-electron chi connectivity index (χ4n) is 4.91. The summed E-state index contributed by atoms with van der Waals surface area (Å²) in [4.78, 5) is 55.9. The summed E-state index contributed by atoms with van der Waals surface area (Å²) in [6.45, 7) is 5.09. The topological polar surface area (TPSA) is 110 Å². The monoisotopic (exact) mass is 560 g/mol. The molecule has 1 amide bonds. The second-order valence-corrected chi connectivity index (χ2v) is 10.9. The number of aryl methyl sites for hydroxylation is 2. The number of likely N-dealkylation sites (N-methyl/N-ethyl adjacent to an activating group) is 1. The minimum absolute atomic E-state index is 0.0794. The summed E-state index contributed by atoms with van der Waals surface area (Å²) >= 11 is 0. The van der Waals surface area contributed by atoms with Crippen LogP contribution in [0.5, 0.6) is 0 Å². The number of nitrogens with one attached hydrogen (secondary N) is 2. The highest BCUT2D eigenvalue weighted by Crippen LogP contribution is 2.34. The van der Waals surface area contributed by atoms with Crippen molar-refractivity contribution in [1.82, 2.24) is 18.6 Å². The average Bonchev–Trinajstić information content (AvgIpc) is 3.76. The highest BCUT2D eigenvalue weighted by molar-refractivity contribution is 5.96. The molecule has 0 unspecified atom stereocenters. The first kappa shape index (κ1) is 28.0. The predicted octanol–water partition coefficient (Wildman–Crippen LogP) is 3.57. The van der Waals surface area contributed by atoms with Crippen molar-refractivity contribution >= 4 is 34.0 Å². The molecular weight excluding hydrogens is 527 g/mol. The van der Waals surface area contributed by atoms with Crippen molar-refractivity contribution in [1.29, 1.82) is 0 Å². The molecule has 41 heavy (non-hydrogen) atoms. The Morgan fingerprint density at radius 1 is 1.05 bits per heavy atom. The Morgan fingerprint density at radius 2 is 1.76 bits per heavy atom. The van der Waals surface area contributed by atoms with Crippen molar-refractivity contribution in [2.24, 2.45) is 7.05 Å². The van der Waals surface area contributed by atoms with E-state index in [2.05, 4.69) is 10.6 Å². The lowest BCUT2D eigenvalue weighted by molar-refractivity contribution is -0.119. The van der Waals surface area contributed by atoms with Crippen LogP contribution in [0.25, 0.3) is 16.6 Å². The Kier molecular flexibility index (Phi) is 7.16. The molecule has 0 spiro atoms. The van der Waals surface area contributed by atoms with E-state index in [1.54, 1.807) is 70.1 Å². The van der Waals surface area contributed by atoms with Crippen LogP contribution in [-0.2, 0) is 11.8 Å². The van der Waals surface area contributed by atoms with Gasteiger partial charge in [0.2, 0.25) is 5.91 Å². The highest BCUT2D eigenvalue weighted by Gasteiger charge is 2.31. The summed E-state index contributed by atoms with van der Waals surface area (Å²) in [6.07, 6.45) is 1.33. The Bertz CT molecular complexity index is 1880. The first-order valence-electron chi connectivity index (χ1n) is 13.4. The van der Waals surface area contributed by atoms with E-state index in [4.69, 9.17) is 0 Å². The normalized spacial score (nSPS) is 14.0. The molecule has 2 aromatic heterocycles. The van der Waals surface area contributed by atoms with Crippen LogP contribution >= 0.6 is 0 Å². The number of hydrogen-bond acceptors (Lipinski definition) is 6. The van der Waals surface area contributed by atoms with E-state index in [0.717, 1.165) is 0 Å². The Hall–Kier alpha value is -4.51. The largest absolute Gasteiger partial charge is 0.338 e.